The molecule has 4 aromatic heterocycles. The third-order valence-corrected chi connectivity index (χ3v) is 5.68. The summed E-state index contributed by atoms with van der Waals surface area (Å²) in [6, 6.07) is 8.48. The fraction of sp³-hybridized carbons (Fsp3) is 0.333. The van der Waals surface area contributed by atoms with Crippen LogP contribution in [0.25, 0.3) is 22.6 Å². The lowest BCUT2D eigenvalue weighted by molar-refractivity contribution is 0.335. The predicted molar refractivity (Wildman–Crippen MR) is 111 cm³/mol. The number of aromatic nitrogens is 7. The lowest BCUT2D eigenvalue weighted by Gasteiger charge is -2.30. The Morgan fingerprint density at radius 2 is 2.10 bits per heavy atom. The van der Waals surface area contributed by atoms with Gasteiger partial charge in [0.05, 0.1) is 23.8 Å². The molecule has 0 unspecified atom stereocenters. The van der Waals surface area contributed by atoms with E-state index in [1.165, 1.54) is 0 Å². The summed E-state index contributed by atoms with van der Waals surface area (Å²) < 4.78 is 3.89. The molecule has 1 fully saturated rings. The van der Waals surface area contributed by atoms with Crippen LogP contribution in [-0.2, 0) is 7.05 Å². The summed E-state index contributed by atoms with van der Waals surface area (Å²) in [5.41, 5.74) is 3.66. The molecule has 1 saturated carbocycles. The van der Waals surface area contributed by atoms with Gasteiger partial charge in [0.1, 0.15) is 17.3 Å². The van der Waals surface area contributed by atoms with Crippen molar-refractivity contribution in [2.75, 3.05) is 5.32 Å². The molecule has 0 saturated heterocycles. The van der Waals surface area contributed by atoms with Crippen LogP contribution in [0.15, 0.2) is 43.1 Å². The van der Waals surface area contributed by atoms with E-state index in [1.807, 2.05) is 37.8 Å². The summed E-state index contributed by atoms with van der Waals surface area (Å²) in [6.07, 6.45) is 11.1. The molecule has 1 aliphatic rings. The van der Waals surface area contributed by atoms with Gasteiger partial charge in [0.2, 0.25) is 5.95 Å². The number of pyridine rings is 1. The molecule has 9 heteroatoms. The maximum atomic E-state index is 9.45. The summed E-state index contributed by atoms with van der Waals surface area (Å²) in [5.74, 6) is 0.532. The molecular formula is C21H21N9. The van der Waals surface area contributed by atoms with Gasteiger partial charge in [-0.2, -0.15) is 10.4 Å². The predicted octanol–water partition coefficient (Wildman–Crippen LogP) is 3.09. The number of rotatable bonds is 4. The quantitative estimate of drug-likeness (QED) is 0.561. The average molecular weight is 399 g/mol. The van der Waals surface area contributed by atoms with E-state index in [2.05, 4.69) is 41.0 Å². The average Bonchev–Trinajstić information content (AvgIpc) is 3.40. The van der Waals surface area contributed by atoms with E-state index < -0.39 is 0 Å². The van der Waals surface area contributed by atoms with Crippen LogP contribution in [0.5, 0.6) is 0 Å². The Hall–Kier alpha value is -3.80. The van der Waals surface area contributed by atoms with Crippen molar-refractivity contribution < 1.29 is 0 Å². The first kappa shape index (κ1) is 18.2. The number of hydrogen-bond acceptors (Lipinski definition) is 7. The minimum absolute atomic E-state index is 0.234. The van der Waals surface area contributed by atoms with Crippen LogP contribution in [0.2, 0.25) is 0 Å². The van der Waals surface area contributed by atoms with Gasteiger partial charge in [-0.05, 0) is 43.9 Å². The van der Waals surface area contributed by atoms with Crippen molar-refractivity contribution in [2.24, 2.45) is 7.05 Å². The van der Waals surface area contributed by atoms with Crippen molar-refractivity contribution in [3.05, 3.63) is 48.7 Å². The molecule has 2 atom stereocenters. The molecule has 30 heavy (non-hydrogen) atoms. The number of nitrogens with one attached hydrogen (secondary N) is 1. The van der Waals surface area contributed by atoms with Crippen LogP contribution in [0.4, 0.5) is 5.95 Å². The molecule has 0 aromatic carbocycles. The monoisotopic (exact) mass is 399 g/mol. The topological polar surface area (TPSA) is 110 Å². The van der Waals surface area contributed by atoms with E-state index in [9.17, 15) is 5.26 Å². The molecule has 1 aliphatic carbocycles. The number of imidazole rings is 1. The summed E-state index contributed by atoms with van der Waals surface area (Å²) in [4.78, 5) is 18.0. The number of nitrogens with zero attached hydrogens (tertiary/aromatic N) is 8. The summed E-state index contributed by atoms with van der Waals surface area (Å²) in [7, 11) is 1.83. The molecule has 5 rings (SSSR count). The molecule has 4 aromatic rings. The van der Waals surface area contributed by atoms with Crippen molar-refractivity contribution in [1.29, 1.82) is 5.26 Å². The Bertz CT molecular complexity index is 1230. The van der Waals surface area contributed by atoms with Crippen LogP contribution in [0.1, 0.15) is 37.3 Å². The van der Waals surface area contributed by atoms with Gasteiger partial charge in [-0.1, -0.05) is 0 Å². The van der Waals surface area contributed by atoms with Crippen LogP contribution >= 0.6 is 0 Å². The van der Waals surface area contributed by atoms with E-state index in [-0.39, 0.29) is 6.04 Å². The standard InChI is InChI=1S/C21H21N9/c1-29-18(7-9-26-29)19-14(11-22)12-24-21(28-19)27-15-4-2-5-16(10-15)30-13-25-17-6-3-8-23-20(17)30/h3,6-9,12-13,15-16H,2,4-5,10H2,1H3,(H,24,27,28)/t15-,16+/m1/s1. The lowest BCUT2D eigenvalue weighted by atomic mass is 9.91. The summed E-state index contributed by atoms with van der Waals surface area (Å²) in [5, 5.41) is 17.1. The molecule has 0 radical (unpaired) electrons. The Kier molecular flexibility index (Phi) is 4.59. The number of anilines is 1. The fourth-order valence-corrected chi connectivity index (χ4v) is 4.20. The molecule has 0 amide bonds. The first-order chi connectivity index (χ1) is 14.7. The van der Waals surface area contributed by atoms with Crippen LogP contribution in [-0.4, -0.2) is 40.3 Å². The molecule has 9 nitrogen and oxygen atoms in total. The minimum Gasteiger partial charge on any atom is -0.351 e. The van der Waals surface area contributed by atoms with Crippen molar-refractivity contribution >= 4 is 17.1 Å². The molecular weight excluding hydrogens is 378 g/mol. The van der Waals surface area contributed by atoms with E-state index >= 15 is 0 Å². The largest absolute Gasteiger partial charge is 0.351 e. The first-order valence-electron chi connectivity index (χ1n) is 10.0. The number of fused-ring (bicyclic) bond motifs is 1. The maximum absolute atomic E-state index is 9.45. The zero-order valence-corrected chi connectivity index (χ0v) is 16.6. The minimum atomic E-state index is 0.234. The molecule has 1 N–H and O–H groups in total. The second-order valence-corrected chi connectivity index (χ2v) is 7.57. The molecule has 4 heterocycles. The van der Waals surface area contributed by atoms with E-state index in [4.69, 9.17) is 0 Å². The highest BCUT2D eigenvalue weighted by Crippen LogP contribution is 2.32. The number of aryl methyl sites for hydroxylation is 1. The van der Waals surface area contributed by atoms with E-state index in [0.29, 0.717) is 23.2 Å². The summed E-state index contributed by atoms with van der Waals surface area (Å²) in [6.45, 7) is 0. The van der Waals surface area contributed by atoms with Crippen LogP contribution < -0.4 is 5.32 Å². The van der Waals surface area contributed by atoms with Gasteiger partial charge >= 0.3 is 0 Å². The Labute approximate surface area is 173 Å². The maximum Gasteiger partial charge on any atom is 0.223 e. The zero-order valence-electron chi connectivity index (χ0n) is 16.6. The van der Waals surface area contributed by atoms with E-state index in [0.717, 1.165) is 42.5 Å². The lowest BCUT2D eigenvalue weighted by Crippen LogP contribution is -2.29. The smallest absolute Gasteiger partial charge is 0.223 e. The number of hydrogen-bond donors (Lipinski definition) is 1. The van der Waals surface area contributed by atoms with Crippen LogP contribution in [0, 0.1) is 11.3 Å². The van der Waals surface area contributed by atoms with Crippen molar-refractivity contribution in [1.82, 2.24) is 34.3 Å². The van der Waals surface area contributed by atoms with Gasteiger partial charge in [0.25, 0.3) is 0 Å². The summed E-state index contributed by atoms with van der Waals surface area (Å²) >= 11 is 0. The second-order valence-electron chi connectivity index (χ2n) is 7.57. The number of nitriles is 1. The van der Waals surface area contributed by atoms with Crippen molar-refractivity contribution in [2.45, 2.75) is 37.8 Å². The molecule has 0 aliphatic heterocycles. The second kappa shape index (κ2) is 7.55. The Morgan fingerprint density at radius 3 is 2.93 bits per heavy atom. The van der Waals surface area contributed by atoms with Crippen molar-refractivity contribution in [3.8, 4) is 17.5 Å². The van der Waals surface area contributed by atoms with Gasteiger partial charge in [0, 0.05) is 31.5 Å². The van der Waals surface area contributed by atoms with E-state index in [1.54, 1.807) is 17.1 Å². The first-order valence-corrected chi connectivity index (χ1v) is 10.0. The highest BCUT2D eigenvalue weighted by molar-refractivity contribution is 5.70. The molecule has 150 valence electrons. The molecule has 0 bridgehead atoms. The zero-order chi connectivity index (χ0) is 20.5. The third kappa shape index (κ3) is 3.26. The Morgan fingerprint density at radius 1 is 1.17 bits per heavy atom. The fourth-order valence-electron chi connectivity index (χ4n) is 4.20. The normalized spacial score (nSPS) is 18.9. The van der Waals surface area contributed by atoms with Gasteiger partial charge in [-0.3, -0.25) is 4.68 Å². The van der Waals surface area contributed by atoms with Crippen molar-refractivity contribution in [3.63, 3.8) is 0 Å². The highest BCUT2D eigenvalue weighted by Gasteiger charge is 2.25. The van der Waals surface area contributed by atoms with Gasteiger partial charge in [-0.25, -0.2) is 19.9 Å². The van der Waals surface area contributed by atoms with Gasteiger partial charge in [0.15, 0.2) is 5.65 Å². The highest BCUT2D eigenvalue weighted by atomic mass is 15.3. The van der Waals surface area contributed by atoms with Crippen LogP contribution in [0.3, 0.4) is 0 Å². The molecule has 0 spiro atoms. The Balaban J connectivity index is 1.38. The third-order valence-electron chi connectivity index (χ3n) is 5.68. The SMILES string of the molecule is Cn1nccc1-c1nc(N[C@@H]2CCC[C@H](n3cnc4cccnc43)C2)ncc1C#N. The van der Waals surface area contributed by atoms with Gasteiger partial charge < -0.3 is 9.88 Å². The van der Waals surface area contributed by atoms with Gasteiger partial charge in [-0.15, -0.1) is 0 Å².